The van der Waals surface area contributed by atoms with Crippen molar-refractivity contribution in [3.63, 3.8) is 0 Å². The van der Waals surface area contributed by atoms with E-state index in [9.17, 15) is 4.79 Å². The van der Waals surface area contributed by atoms with Crippen LogP contribution in [-0.4, -0.2) is 24.5 Å². The molecule has 0 heterocycles. The lowest BCUT2D eigenvalue weighted by Gasteiger charge is -2.35. The fourth-order valence-corrected chi connectivity index (χ4v) is 3.77. The van der Waals surface area contributed by atoms with Gasteiger partial charge in [0.05, 0.1) is 0 Å². The maximum Gasteiger partial charge on any atom is 0.210 e. The van der Waals surface area contributed by atoms with E-state index in [-0.39, 0.29) is 5.12 Å². The molecule has 76 valence electrons. The summed E-state index contributed by atoms with van der Waals surface area (Å²) in [6.07, 6.45) is 1.59. The molecule has 0 radical (unpaired) electrons. The summed E-state index contributed by atoms with van der Waals surface area (Å²) in [6.45, 7) is 11.8. The topological polar surface area (TPSA) is 20.3 Å². The molecular weight excluding hydrogens is 198 g/mol. The first-order valence-electron chi connectivity index (χ1n) is 4.48. The number of hydrogen-bond acceptors (Lipinski definition) is 2. The highest BCUT2D eigenvalue weighted by atomic mass is 32.1. The molecule has 0 aliphatic rings. The van der Waals surface area contributed by atoms with Gasteiger partial charge in [-0.25, -0.2) is 0 Å². The molecule has 0 aromatic carbocycles. The van der Waals surface area contributed by atoms with Gasteiger partial charge in [-0.3, -0.25) is 4.79 Å². The Bertz CT molecular complexity index is 220. The van der Waals surface area contributed by atoms with Gasteiger partial charge in [0.15, 0.2) is 0 Å². The van der Waals surface area contributed by atoms with E-state index in [0.717, 1.165) is 12.2 Å². The Kier molecular flexibility index (Phi) is 4.78. The first-order chi connectivity index (χ1) is 5.79. The lowest BCUT2D eigenvalue weighted by Crippen LogP contribution is -2.44. The predicted molar refractivity (Wildman–Crippen MR) is 63.5 cm³/mol. The Morgan fingerprint density at radius 1 is 1.46 bits per heavy atom. The SMILES string of the molecule is CCN(C(C)=CC(=O)S)[Si](C)(C)C. The number of carbonyl (C=O) groups is 1. The molecule has 0 atom stereocenters. The molecule has 0 spiro atoms. The van der Waals surface area contributed by atoms with Crippen molar-refractivity contribution in [1.82, 2.24) is 4.57 Å². The average molecular weight is 217 g/mol. The summed E-state index contributed by atoms with van der Waals surface area (Å²) in [5.41, 5.74) is 1.03. The fourth-order valence-electron chi connectivity index (χ4n) is 1.51. The van der Waals surface area contributed by atoms with Gasteiger partial charge in [0.1, 0.15) is 8.24 Å². The molecule has 0 amide bonds. The Morgan fingerprint density at radius 2 is 1.92 bits per heavy atom. The van der Waals surface area contributed by atoms with Crippen molar-refractivity contribution >= 4 is 26.0 Å². The zero-order valence-corrected chi connectivity index (χ0v) is 11.0. The highest BCUT2D eigenvalue weighted by Gasteiger charge is 2.22. The average Bonchev–Trinajstić information content (AvgIpc) is 1.82. The van der Waals surface area contributed by atoms with Gasteiger partial charge in [-0.15, -0.1) is 12.6 Å². The molecule has 0 bridgehead atoms. The van der Waals surface area contributed by atoms with E-state index in [4.69, 9.17) is 0 Å². The van der Waals surface area contributed by atoms with E-state index in [0.29, 0.717) is 0 Å². The van der Waals surface area contributed by atoms with Crippen LogP contribution in [0.1, 0.15) is 13.8 Å². The minimum Gasteiger partial charge on any atom is -0.402 e. The molecule has 0 aromatic heterocycles. The standard InChI is InChI=1S/C9H19NOSSi/c1-6-10(13(3,4)5)8(2)7-9(11)12/h7H,6H2,1-5H3,(H,11,12). The molecule has 13 heavy (non-hydrogen) atoms. The van der Waals surface area contributed by atoms with Crippen molar-refractivity contribution in [3.05, 3.63) is 11.8 Å². The highest BCUT2D eigenvalue weighted by Crippen LogP contribution is 2.15. The summed E-state index contributed by atoms with van der Waals surface area (Å²) in [7, 11) is -1.34. The summed E-state index contributed by atoms with van der Waals surface area (Å²) in [4.78, 5) is 10.8. The molecule has 0 aliphatic heterocycles. The molecule has 0 aliphatic carbocycles. The van der Waals surface area contributed by atoms with Crippen LogP contribution >= 0.6 is 12.6 Å². The summed E-state index contributed by atoms with van der Waals surface area (Å²) >= 11 is 3.74. The molecule has 0 unspecified atom stereocenters. The largest absolute Gasteiger partial charge is 0.402 e. The number of nitrogens with zero attached hydrogens (tertiary/aromatic N) is 1. The van der Waals surface area contributed by atoms with Crippen LogP contribution in [0.4, 0.5) is 0 Å². The summed E-state index contributed by atoms with van der Waals surface area (Å²) in [5.74, 6) is 0. The van der Waals surface area contributed by atoms with Gasteiger partial charge < -0.3 is 4.57 Å². The third-order valence-electron chi connectivity index (χ3n) is 1.88. The molecule has 0 saturated heterocycles. The first-order valence-corrected chi connectivity index (χ1v) is 8.37. The lowest BCUT2D eigenvalue weighted by molar-refractivity contribution is -0.106. The monoisotopic (exact) mass is 217 g/mol. The van der Waals surface area contributed by atoms with E-state index >= 15 is 0 Å². The molecule has 4 heteroatoms. The third kappa shape index (κ3) is 4.52. The Morgan fingerprint density at radius 3 is 2.15 bits per heavy atom. The van der Waals surface area contributed by atoms with E-state index in [1.54, 1.807) is 6.08 Å². The maximum absolute atomic E-state index is 10.8. The molecule has 0 saturated carbocycles. The van der Waals surface area contributed by atoms with Gasteiger partial charge >= 0.3 is 0 Å². The van der Waals surface area contributed by atoms with Crippen LogP contribution in [0, 0.1) is 0 Å². The van der Waals surface area contributed by atoms with Crippen molar-refractivity contribution in [3.8, 4) is 0 Å². The first kappa shape index (κ1) is 12.8. The molecule has 0 aromatic rings. The zero-order chi connectivity index (χ0) is 10.6. The number of carbonyl (C=O) groups excluding carboxylic acids is 1. The van der Waals surface area contributed by atoms with E-state index in [2.05, 4.69) is 43.8 Å². The second-order valence-corrected chi connectivity index (χ2v) is 9.36. The van der Waals surface area contributed by atoms with Crippen molar-refractivity contribution in [2.24, 2.45) is 0 Å². The maximum atomic E-state index is 10.8. The van der Waals surface area contributed by atoms with Crippen LogP contribution in [0.3, 0.4) is 0 Å². The van der Waals surface area contributed by atoms with Crippen molar-refractivity contribution < 1.29 is 4.79 Å². The summed E-state index contributed by atoms with van der Waals surface area (Å²) < 4.78 is 2.31. The Balaban J connectivity index is 4.69. The van der Waals surface area contributed by atoms with Crippen LogP contribution in [0.25, 0.3) is 0 Å². The zero-order valence-electron chi connectivity index (χ0n) is 9.09. The third-order valence-corrected chi connectivity index (χ3v) is 4.30. The van der Waals surface area contributed by atoms with Gasteiger partial charge in [-0.1, -0.05) is 19.6 Å². The second kappa shape index (κ2) is 4.86. The number of thiol groups is 1. The predicted octanol–water partition coefficient (Wildman–Crippen LogP) is 2.50. The van der Waals surface area contributed by atoms with Gasteiger partial charge in [0.25, 0.3) is 0 Å². The minimum absolute atomic E-state index is 0.172. The minimum atomic E-state index is -1.34. The Labute approximate surface area is 87.5 Å². The van der Waals surface area contributed by atoms with Gasteiger partial charge in [0, 0.05) is 18.3 Å². The van der Waals surface area contributed by atoms with Crippen LogP contribution in [0.2, 0.25) is 19.6 Å². The molecule has 0 rings (SSSR count). The highest BCUT2D eigenvalue weighted by molar-refractivity contribution is 7.97. The van der Waals surface area contributed by atoms with Crippen molar-refractivity contribution in [2.45, 2.75) is 33.5 Å². The Hall–Kier alpha value is -0.223. The van der Waals surface area contributed by atoms with Gasteiger partial charge in [-0.2, -0.15) is 0 Å². The van der Waals surface area contributed by atoms with Crippen LogP contribution in [0.15, 0.2) is 11.8 Å². The number of allylic oxidation sites excluding steroid dienone is 1. The quantitative estimate of drug-likeness (QED) is 0.443. The van der Waals surface area contributed by atoms with Crippen LogP contribution in [0.5, 0.6) is 0 Å². The second-order valence-electron chi connectivity index (χ2n) is 4.04. The van der Waals surface area contributed by atoms with Crippen LogP contribution < -0.4 is 0 Å². The van der Waals surface area contributed by atoms with Crippen molar-refractivity contribution in [2.75, 3.05) is 6.54 Å². The summed E-state index contributed by atoms with van der Waals surface area (Å²) in [6, 6.07) is 0. The van der Waals surface area contributed by atoms with Gasteiger partial charge in [0.2, 0.25) is 5.12 Å². The molecular formula is C9H19NOSSi. The normalized spacial score (nSPS) is 12.9. The van der Waals surface area contributed by atoms with E-state index < -0.39 is 8.24 Å². The van der Waals surface area contributed by atoms with Crippen LogP contribution in [-0.2, 0) is 4.79 Å². The number of rotatable bonds is 4. The fraction of sp³-hybridized carbons (Fsp3) is 0.667. The van der Waals surface area contributed by atoms with Crippen molar-refractivity contribution in [1.29, 1.82) is 0 Å². The van der Waals surface area contributed by atoms with Gasteiger partial charge in [-0.05, 0) is 13.8 Å². The molecule has 2 nitrogen and oxygen atoms in total. The molecule has 0 fully saturated rings. The smallest absolute Gasteiger partial charge is 0.210 e. The number of hydrogen-bond donors (Lipinski definition) is 1. The molecule has 0 N–H and O–H groups in total. The van der Waals surface area contributed by atoms with E-state index in [1.165, 1.54) is 0 Å². The lowest BCUT2D eigenvalue weighted by atomic mass is 10.4. The summed E-state index contributed by atoms with van der Waals surface area (Å²) in [5, 5.41) is -0.172. The van der Waals surface area contributed by atoms with E-state index in [1.807, 2.05) is 6.92 Å².